The maximum atomic E-state index is 14.5. The molecule has 5 rings (SSSR count). The monoisotopic (exact) mass is 703 g/mol. The zero-order chi connectivity index (χ0) is 37.0. The Bertz CT molecular complexity index is 1830. The second kappa shape index (κ2) is 18.5. The van der Waals surface area contributed by atoms with Gasteiger partial charge in [0.05, 0.1) is 24.9 Å². The largest absolute Gasteiger partial charge is 0.390 e. The Labute approximate surface area is 307 Å². The van der Waals surface area contributed by atoms with Crippen molar-refractivity contribution in [2.75, 3.05) is 6.54 Å². The molecule has 2 unspecified atom stereocenters. The molecule has 0 radical (unpaired) electrons. The van der Waals surface area contributed by atoms with Gasteiger partial charge in [0.2, 0.25) is 17.7 Å². The Balaban J connectivity index is 1.41. The molecule has 0 aliphatic rings. The first-order chi connectivity index (χ1) is 25.1. The maximum absolute atomic E-state index is 14.5. The number of rotatable bonds is 18. The summed E-state index contributed by atoms with van der Waals surface area (Å²) in [7, 11) is 0. The van der Waals surface area contributed by atoms with Crippen LogP contribution in [-0.4, -0.2) is 57.5 Å². The molecule has 52 heavy (non-hydrogen) atoms. The van der Waals surface area contributed by atoms with Crippen LogP contribution < -0.4 is 16.0 Å². The van der Waals surface area contributed by atoms with Gasteiger partial charge in [-0.15, -0.1) is 0 Å². The lowest BCUT2D eigenvalue weighted by Crippen LogP contribution is -2.55. The number of H-pyrrole nitrogens is 1. The van der Waals surface area contributed by atoms with Gasteiger partial charge in [0.25, 0.3) is 0 Å². The molecular formula is C43H53N5O4. The van der Waals surface area contributed by atoms with Crippen LogP contribution in [0.1, 0.15) is 63.8 Å². The van der Waals surface area contributed by atoms with Gasteiger partial charge in [-0.25, -0.2) is 4.98 Å². The molecule has 1 aromatic heterocycles. The molecule has 5 N–H and O–H groups in total. The Morgan fingerprint density at radius 3 is 1.92 bits per heavy atom. The van der Waals surface area contributed by atoms with E-state index in [1.54, 1.807) is 12.5 Å². The van der Waals surface area contributed by atoms with Crippen LogP contribution in [0.5, 0.6) is 0 Å². The number of nitrogens with one attached hydrogen (secondary N) is 4. The zero-order valence-electron chi connectivity index (χ0n) is 30.8. The number of fused-ring (bicyclic) bond motifs is 2. The lowest BCUT2D eigenvalue weighted by atomic mass is 9.87. The molecule has 0 spiro atoms. The quantitative estimate of drug-likeness (QED) is 0.0731. The van der Waals surface area contributed by atoms with E-state index in [4.69, 9.17) is 0 Å². The number of carbonyl (C=O) groups excluding carboxylic acids is 3. The van der Waals surface area contributed by atoms with E-state index in [9.17, 15) is 19.5 Å². The number of hydrogen-bond acceptors (Lipinski definition) is 5. The van der Waals surface area contributed by atoms with E-state index >= 15 is 0 Å². The number of imidazole rings is 1. The lowest BCUT2D eigenvalue weighted by Gasteiger charge is -2.29. The molecule has 1 heterocycles. The first-order valence-corrected chi connectivity index (χ1v) is 18.6. The number of carbonyl (C=O) groups is 3. The molecule has 0 saturated heterocycles. The first kappa shape index (κ1) is 38.2. The number of benzene rings is 4. The normalized spacial score (nSPS) is 13.9. The lowest BCUT2D eigenvalue weighted by molar-refractivity contribution is -0.132. The second-order valence-electron chi connectivity index (χ2n) is 14.6. The first-order valence-electron chi connectivity index (χ1n) is 18.6. The van der Waals surface area contributed by atoms with Gasteiger partial charge in [0.1, 0.15) is 6.04 Å². The Morgan fingerprint density at radius 2 is 1.37 bits per heavy atom. The van der Waals surface area contributed by atoms with Crippen molar-refractivity contribution in [3.05, 3.63) is 114 Å². The van der Waals surface area contributed by atoms with E-state index in [1.807, 2.05) is 50.2 Å². The van der Waals surface area contributed by atoms with Gasteiger partial charge >= 0.3 is 0 Å². The van der Waals surface area contributed by atoms with E-state index in [0.29, 0.717) is 37.4 Å². The maximum Gasteiger partial charge on any atom is 0.243 e. The molecular weight excluding hydrogens is 651 g/mol. The summed E-state index contributed by atoms with van der Waals surface area (Å²) >= 11 is 0. The average Bonchev–Trinajstić information content (AvgIpc) is 3.66. The van der Waals surface area contributed by atoms with Crippen molar-refractivity contribution >= 4 is 39.3 Å². The number of amides is 3. The molecule has 5 aromatic rings. The minimum absolute atomic E-state index is 0.134. The predicted molar refractivity (Wildman–Crippen MR) is 207 cm³/mol. The molecule has 9 heteroatoms. The van der Waals surface area contributed by atoms with Gasteiger partial charge < -0.3 is 26.0 Å². The third-order valence-electron chi connectivity index (χ3n) is 9.93. The molecule has 0 saturated carbocycles. The highest BCUT2D eigenvalue weighted by atomic mass is 16.3. The van der Waals surface area contributed by atoms with E-state index in [0.717, 1.165) is 39.1 Å². The molecule has 0 bridgehead atoms. The van der Waals surface area contributed by atoms with Crippen molar-refractivity contribution < 1.29 is 19.5 Å². The number of nitrogens with zero attached hydrogens (tertiary/aromatic N) is 1. The van der Waals surface area contributed by atoms with Gasteiger partial charge in [0.15, 0.2) is 0 Å². The number of aromatic amines is 1. The third-order valence-corrected chi connectivity index (χ3v) is 9.93. The summed E-state index contributed by atoms with van der Waals surface area (Å²) < 4.78 is 0. The van der Waals surface area contributed by atoms with Crippen molar-refractivity contribution in [2.24, 2.45) is 17.8 Å². The fourth-order valence-electron chi connectivity index (χ4n) is 6.78. The number of hydrogen-bond donors (Lipinski definition) is 5. The summed E-state index contributed by atoms with van der Waals surface area (Å²) in [5.74, 6) is -0.978. The van der Waals surface area contributed by atoms with E-state index in [2.05, 4.69) is 88.3 Å². The fourth-order valence-corrected chi connectivity index (χ4v) is 6.78. The Morgan fingerprint density at radius 1 is 0.769 bits per heavy atom. The van der Waals surface area contributed by atoms with Crippen LogP contribution in [0.25, 0.3) is 21.5 Å². The standard InChI is InChI=1S/C43H53N5O4/c1-5-29(4)25-45-41(50)24-40(49)38(20-28(2)3)47-43(52)39(23-35-26-44-27-46-35)48-42(51)34(21-32-16-10-14-30-12-6-8-18-36(30)32)22-33-17-11-15-31-13-7-9-19-37(31)33/h6-19,26-29,34,38-40,49H,5,20-25H2,1-4H3,(H,44,46)(H,45,50)(H,47,52)(H,48,51)/t29-,38?,39-,40?/m0/s1. The van der Waals surface area contributed by atoms with Crippen molar-refractivity contribution in [2.45, 2.75) is 84.4 Å². The Hall–Kier alpha value is -5.02. The average molecular weight is 704 g/mol. The smallest absolute Gasteiger partial charge is 0.243 e. The van der Waals surface area contributed by atoms with Crippen LogP contribution in [0, 0.1) is 17.8 Å². The molecule has 4 aromatic carbocycles. The molecule has 4 atom stereocenters. The van der Waals surface area contributed by atoms with Gasteiger partial charge in [-0.1, -0.05) is 119 Å². The summed E-state index contributed by atoms with van der Waals surface area (Å²) in [5.41, 5.74) is 2.80. The molecule has 3 amide bonds. The highest BCUT2D eigenvalue weighted by Crippen LogP contribution is 2.26. The molecule has 0 fully saturated rings. The zero-order valence-corrected chi connectivity index (χ0v) is 30.8. The van der Waals surface area contributed by atoms with Crippen LogP contribution in [0.15, 0.2) is 97.5 Å². The number of aliphatic hydroxyl groups is 1. The molecule has 0 aliphatic heterocycles. The highest BCUT2D eigenvalue weighted by molar-refractivity contribution is 5.91. The van der Waals surface area contributed by atoms with Gasteiger partial charge in [-0.2, -0.15) is 0 Å². The van der Waals surface area contributed by atoms with Crippen LogP contribution in [0.4, 0.5) is 0 Å². The van der Waals surface area contributed by atoms with Crippen LogP contribution in [-0.2, 0) is 33.6 Å². The summed E-state index contributed by atoms with van der Waals surface area (Å²) in [6, 6.07) is 27.0. The minimum Gasteiger partial charge on any atom is -0.390 e. The summed E-state index contributed by atoms with van der Waals surface area (Å²) in [6.07, 6.45) is 4.44. The van der Waals surface area contributed by atoms with E-state index in [-0.39, 0.29) is 30.6 Å². The SMILES string of the molecule is CC[C@H](C)CNC(=O)CC(O)C(CC(C)C)NC(=O)[C@H](Cc1cnc[nH]1)NC(=O)C(Cc1cccc2ccccc12)Cc1cccc2ccccc12. The van der Waals surface area contributed by atoms with Crippen molar-refractivity contribution in [3.63, 3.8) is 0 Å². The molecule has 0 aliphatic carbocycles. The van der Waals surface area contributed by atoms with Crippen molar-refractivity contribution in [1.29, 1.82) is 0 Å². The van der Waals surface area contributed by atoms with E-state index < -0.39 is 30.0 Å². The van der Waals surface area contributed by atoms with Crippen LogP contribution >= 0.6 is 0 Å². The van der Waals surface area contributed by atoms with Crippen molar-refractivity contribution in [1.82, 2.24) is 25.9 Å². The summed E-state index contributed by atoms with van der Waals surface area (Å²) in [5, 5.41) is 24.6. The third kappa shape index (κ3) is 10.5. The van der Waals surface area contributed by atoms with Gasteiger partial charge in [0, 0.05) is 30.8 Å². The topological polar surface area (TPSA) is 136 Å². The minimum atomic E-state index is -1.10. The van der Waals surface area contributed by atoms with Crippen molar-refractivity contribution in [3.8, 4) is 0 Å². The Kier molecular flexibility index (Phi) is 13.6. The summed E-state index contributed by atoms with van der Waals surface area (Å²) in [6.45, 7) is 8.66. The predicted octanol–water partition coefficient (Wildman–Crippen LogP) is 6.29. The number of aromatic nitrogens is 2. The number of aliphatic hydroxyl groups excluding tert-OH is 1. The molecule has 9 nitrogen and oxygen atoms in total. The summed E-state index contributed by atoms with van der Waals surface area (Å²) in [4.78, 5) is 48.6. The van der Waals surface area contributed by atoms with Gasteiger partial charge in [-0.05, 0) is 63.8 Å². The van der Waals surface area contributed by atoms with E-state index in [1.165, 1.54) is 0 Å². The van der Waals surface area contributed by atoms with Gasteiger partial charge in [-0.3, -0.25) is 14.4 Å². The highest BCUT2D eigenvalue weighted by Gasteiger charge is 2.31. The second-order valence-corrected chi connectivity index (χ2v) is 14.6. The fraction of sp³-hybridized carbons (Fsp3) is 0.395. The van der Waals surface area contributed by atoms with Crippen LogP contribution in [0.3, 0.4) is 0 Å². The molecule has 274 valence electrons. The van der Waals surface area contributed by atoms with Crippen LogP contribution in [0.2, 0.25) is 0 Å².